The van der Waals surface area contributed by atoms with E-state index in [-0.39, 0.29) is 5.78 Å². The average molecular weight is 316 g/mol. The topological polar surface area (TPSA) is 60.4 Å². The third kappa shape index (κ3) is 6.19. The van der Waals surface area contributed by atoms with Gasteiger partial charge in [0.25, 0.3) is 0 Å². The van der Waals surface area contributed by atoms with E-state index in [9.17, 15) is 14.4 Å². The van der Waals surface area contributed by atoms with Crippen LogP contribution in [-0.4, -0.2) is 24.6 Å². The number of carbonyl (C=O) groups excluding carboxylic acids is 3. The summed E-state index contributed by atoms with van der Waals surface area (Å²) in [6, 6.07) is 5.23. The van der Waals surface area contributed by atoms with Crippen molar-refractivity contribution >= 4 is 18.0 Å². The minimum atomic E-state index is -0.540. The highest BCUT2D eigenvalue weighted by Gasteiger charge is 2.12. The monoisotopic (exact) mass is 316 g/mol. The molecule has 0 atom stereocenters. The Morgan fingerprint density at radius 3 is 2.48 bits per heavy atom. The van der Waals surface area contributed by atoms with Crippen molar-refractivity contribution in [2.75, 3.05) is 6.61 Å². The average Bonchev–Trinajstić information content (AvgIpc) is 2.57. The van der Waals surface area contributed by atoms with Crippen LogP contribution in [-0.2, 0) is 16.0 Å². The Kier molecular flexibility index (Phi) is 8.58. The van der Waals surface area contributed by atoms with Gasteiger partial charge in [-0.25, -0.2) is 4.79 Å². The number of esters is 1. The molecule has 0 bridgehead atoms. The molecular formula is C19H24O4. The first-order valence-corrected chi connectivity index (χ1v) is 8.10. The number of unbranched alkanes of at least 4 members (excludes halogenated alkanes) is 2. The summed E-state index contributed by atoms with van der Waals surface area (Å²) in [4.78, 5) is 35.1. The summed E-state index contributed by atoms with van der Waals surface area (Å²) in [5, 5.41) is 0. The van der Waals surface area contributed by atoms with E-state index in [1.54, 1.807) is 12.1 Å². The molecule has 0 radical (unpaired) electrons. The van der Waals surface area contributed by atoms with Crippen molar-refractivity contribution in [2.45, 2.75) is 46.0 Å². The first-order chi connectivity index (χ1) is 11.1. The molecule has 0 unspecified atom stereocenters. The molecule has 0 aromatic heterocycles. The molecule has 1 aromatic carbocycles. The molecule has 0 aliphatic rings. The maximum Gasteiger partial charge on any atom is 0.330 e. The van der Waals surface area contributed by atoms with Crippen LogP contribution in [0.4, 0.5) is 0 Å². The van der Waals surface area contributed by atoms with E-state index in [2.05, 4.69) is 6.92 Å². The van der Waals surface area contributed by atoms with Gasteiger partial charge in [-0.2, -0.15) is 0 Å². The normalized spacial score (nSPS) is 10.7. The minimum Gasteiger partial charge on any atom is -0.463 e. The van der Waals surface area contributed by atoms with Gasteiger partial charge in [0.1, 0.15) is 0 Å². The Balaban J connectivity index is 2.82. The predicted octanol–water partition coefficient (Wildman–Crippen LogP) is 3.92. The van der Waals surface area contributed by atoms with Gasteiger partial charge < -0.3 is 4.74 Å². The van der Waals surface area contributed by atoms with Crippen LogP contribution in [0.5, 0.6) is 0 Å². The molecule has 0 saturated carbocycles. The van der Waals surface area contributed by atoms with Crippen molar-refractivity contribution in [3.8, 4) is 0 Å². The van der Waals surface area contributed by atoms with E-state index in [0.29, 0.717) is 24.0 Å². The van der Waals surface area contributed by atoms with Crippen molar-refractivity contribution in [3.63, 3.8) is 0 Å². The van der Waals surface area contributed by atoms with E-state index in [4.69, 9.17) is 4.74 Å². The summed E-state index contributed by atoms with van der Waals surface area (Å²) >= 11 is 0. The smallest absolute Gasteiger partial charge is 0.330 e. The standard InChI is InChI=1S/C19H24O4/c1-3-5-8-15-9-7-10-16(17(15)14-20)18(21)11-12-19(22)23-13-6-4-2/h7,9-12,14H,3-6,8,13H2,1-2H3. The van der Waals surface area contributed by atoms with Gasteiger partial charge in [-0.15, -0.1) is 0 Å². The Morgan fingerprint density at radius 2 is 1.83 bits per heavy atom. The fraction of sp³-hybridized carbons (Fsp3) is 0.421. The molecule has 0 saturated heterocycles. The molecular weight excluding hydrogens is 292 g/mol. The molecule has 0 aliphatic carbocycles. The Labute approximate surface area is 137 Å². The molecule has 0 heterocycles. The summed E-state index contributed by atoms with van der Waals surface area (Å²) in [6.45, 7) is 4.42. The van der Waals surface area contributed by atoms with Gasteiger partial charge in [-0.1, -0.05) is 44.9 Å². The van der Waals surface area contributed by atoms with Gasteiger partial charge in [0.05, 0.1) is 6.61 Å². The summed E-state index contributed by atoms with van der Waals surface area (Å²) in [5.74, 6) is -0.903. The van der Waals surface area contributed by atoms with E-state index < -0.39 is 5.97 Å². The highest BCUT2D eigenvalue weighted by molar-refractivity contribution is 6.11. The van der Waals surface area contributed by atoms with Crippen molar-refractivity contribution < 1.29 is 19.1 Å². The third-order valence-electron chi connectivity index (χ3n) is 3.49. The van der Waals surface area contributed by atoms with Crippen molar-refractivity contribution in [1.82, 2.24) is 0 Å². The van der Waals surface area contributed by atoms with Gasteiger partial charge in [0, 0.05) is 17.2 Å². The van der Waals surface area contributed by atoms with Crippen LogP contribution in [0.1, 0.15) is 65.8 Å². The lowest BCUT2D eigenvalue weighted by Crippen LogP contribution is -2.06. The van der Waals surface area contributed by atoms with Crippen molar-refractivity contribution in [3.05, 3.63) is 47.0 Å². The number of hydrogen-bond acceptors (Lipinski definition) is 4. The summed E-state index contributed by atoms with van der Waals surface area (Å²) in [7, 11) is 0. The lowest BCUT2D eigenvalue weighted by molar-refractivity contribution is -0.137. The van der Waals surface area contributed by atoms with E-state index in [1.165, 1.54) is 6.08 Å². The molecule has 4 heteroatoms. The quantitative estimate of drug-likeness (QED) is 0.216. The molecule has 0 aliphatic heterocycles. The van der Waals surface area contributed by atoms with Gasteiger partial charge in [-0.3, -0.25) is 9.59 Å². The number of allylic oxidation sites excluding steroid dienone is 1. The number of aldehydes is 1. The van der Waals surface area contributed by atoms with Crippen LogP contribution in [0.15, 0.2) is 30.4 Å². The highest BCUT2D eigenvalue weighted by atomic mass is 16.5. The van der Waals surface area contributed by atoms with Crippen molar-refractivity contribution in [1.29, 1.82) is 0 Å². The molecule has 23 heavy (non-hydrogen) atoms. The molecule has 1 aromatic rings. The Bertz CT molecular complexity index is 573. The Morgan fingerprint density at radius 1 is 1.09 bits per heavy atom. The van der Waals surface area contributed by atoms with Crippen LogP contribution in [0.3, 0.4) is 0 Å². The number of rotatable bonds is 10. The van der Waals surface area contributed by atoms with Crippen LogP contribution < -0.4 is 0 Å². The zero-order valence-corrected chi connectivity index (χ0v) is 13.8. The second kappa shape index (κ2) is 10.5. The molecule has 1 rings (SSSR count). The maximum atomic E-state index is 12.2. The molecule has 0 amide bonds. The molecule has 0 fully saturated rings. The van der Waals surface area contributed by atoms with E-state index in [1.807, 2.05) is 13.0 Å². The molecule has 4 nitrogen and oxygen atoms in total. The number of carbonyl (C=O) groups is 3. The minimum absolute atomic E-state index is 0.325. The van der Waals surface area contributed by atoms with E-state index in [0.717, 1.165) is 43.7 Å². The zero-order valence-electron chi connectivity index (χ0n) is 13.8. The SMILES string of the molecule is CCCCOC(=O)C=CC(=O)c1cccc(CCCC)c1C=O. The largest absolute Gasteiger partial charge is 0.463 e. The summed E-state index contributed by atoms with van der Waals surface area (Å²) in [5.41, 5.74) is 1.60. The van der Waals surface area contributed by atoms with Crippen molar-refractivity contribution in [2.24, 2.45) is 0 Å². The number of ketones is 1. The third-order valence-corrected chi connectivity index (χ3v) is 3.49. The van der Waals surface area contributed by atoms with Crippen LogP contribution >= 0.6 is 0 Å². The maximum absolute atomic E-state index is 12.2. The van der Waals surface area contributed by atoms with E-state index >= 15 is 0 Å². The first-order valence-electron chi connectivity index (χ1n) is 8.10. The Hall–Kier alpha value is -2.23. The fourth-order valence-electron chi connectivity index (χ4n) is 2.15. The molecule has 0 N–H and O–H groups in total. The molecule has 124 valence electrons. The highest BCUT2D eigenvalue weighted by Crippen LogP contribution is 2.16. The number of hydrogen-bond donors (Lipinski definition) is 0. The van der Waals surface area contributed by atoms with Crippen LogP contribution in [0, 0.1) is 0 Å². The second-order valence-electron chi connectivity index (χ2n) is 5.32. The van der Waals surface area contributed by atoms with Crippen LogP contribution in [0.2, 0.25) is 0 Å². The van der Waals surface area contributed by atoms with Gasteiger partial charge in [0.15, 0.2) is 12.1 Å². The lowest BCUT2D eigenvalue weighted by Gasteiger charge is -2.07. The van der Waals surface area contributed by atoms with Gasteiger partial charge in [-0.05, 0) is 30.9 Å². The predicted molar refractivity (Wildman–Crippen MR) is 89.8 cm³/mol. The molecule has 0 spiro atoms. The van der Waals surface area contributed by atoms with Crippen LogP contribution in [0.25, 0.3) is 0 Å². The number of ether oxygens (including phenoxy) is 1. The van der Waals surface area contributed by atoms with Gasteiger partial charge in [0.2, 0.25) is 0 Å². The first kappa shape index (κ1) is 18.8. The van der Waals surface area contributed by atoms with Gasteiger partial charge >= 0.3 is 5.97 Å². The number of aryl methyl sites for hydroxylation is 1. The second-order valence-corrected chi connectivity index (χ2v) is 5.32. The summed E-state index contributed by atoms with van der Waals surface area (Å²) in [6.07, 6.45) is 7.45. The fourth-order valence-corrected chi connectivity index (χ4v) is 2.15. The lowest BCUT2D eigenvalue weighted by atomic mass is 9.95. The number of benzene rings is 1. The summed E-state index contributed by atoms with van der Waals surface area (Å²) < 4.78 is 4.95. The zero-order chi connectivity index (χ0) is 17.1.